The van der Waals surface area contributed by atoms with Crippen molar-refractivity contribution in [3.05, 3.63) is 23.8 Å². The van der Waals surface area contributed by atoms with Gasteiger partial charge in [0.1, 0.15) is 0 Å². The molecule has 0 aromatic rings. The van der Waals surface area contributed by atoms with E-state index in [4.69, 9.17) is 5.11 Å². The molecule has 0 aliphatic heterocycles. The Morgan fingerprint density at radius 3 is 1.71 bits per heavy atom. The van der Waals surface area contributed by atoms with Gasteiger partial charge in [-0.05, 0) is 33.1 Å². The number of carboxylic acid groups (broad SMARTS) is 1. The van der Waals surface area contributed by atoms with Crippen molar-refractivity contribution in [3.8, 4) is 0 Å². The van der Waals surface area contributed by atoms with Crippen molar-refractivity contribution in [1.82, 2.24) is 0 Å². The molecule has 21 heavy (non-hydrogen) atoms. The van der Waals surface area contributed by atoms with Crippen molar-refractivity contribution in [1.29, 1.82) is 0 Å². The molecule has 0 heterocycles. The molecule has 0 atom stereocenters. The van der Waals surface area contributed by atoms with Crippen LogP contribution in [0, 0.1) is 0 Å². The first-order chi connectivity index (χ1) is 10.0. The van der Waals surface area contributed by atoms with Gasteiger partial charge < -0.3 is 5.11 Å². The highest BCUT2D eigenvalue weighted by Crippen LogP contribution is 2.07. The Hall–Kier alpha value is -1.05. The van der Waals surface area contributed by atoms with Crippen LogP contribution in [-0.2, 0) is 4.79 Å². The molecule has 0 saturated carbocycles. The van der Waals surface area contributed by atoms with Gasteiger partial charge in [0.05, 0.1) is 0 Å². The largest absolute Gasteiger partial charge is 0.478 e. The van der Waals surface area contributed by atoms with Gasteiger partial charge in [-0.25, -0.2) is 4.79 Å². The van der Waals surface area contributed by atoms with Crippen LogP contribution < -0.4 is 0 Å². The molecule has 0 unspecified atom stereocenters. The lowest BCUT2D eigenvalue weighted by atomic mass is 10.1. The molecule has 0 aromatic carbocycles. The van der Waals surface area contributed by atoms with Crippen molar-refractivity contribution in [2.45, 2.75) is 91.9 Å². The van der Waals surface area contributed by atoms with Crippen molar-refractivity contribution in [3.63, 3.8) is 0 Å². The van der Waals surface area contributed by atoms with E-state index < -0.39 is 5.97 Å². The summed E-state index contributed by atoms with van der Waals surface area (Å²) >= 11 is 0. The maximum absolute atomic E-state index is 9.73. The van der Waals surface area contributed by atoms with E-state index in [-0.39, 0.29) is 0 Å². The van der Waals surface area contributed by atoms with Gasteiger partial charge in [-0.3, -0.25) is 0 Å². The fourth-order valence-corrected chi connectivity index (χ4v) is 1.85. The van der Waals surface area contributed by atoms with E-state index in [2.05, 4.69) is 26.0 Å². The topological polar surface area (TPSA) is 37.3 Å². The molecule has 2 nitrogen and oxygen atoms in total. The second kappa shape index (κ2) is 18.9. The van der Waals surface area contributed by atoms with Gasteiger partial charge in [-0.15, -0.1) is 0 Å². The Balaban J connectivity index is 0. The van der Waals surface area contributed by atoms with E-state index >= 15 is 0 Å². The average molecular weight is 296 g/mol. The maximum atomic E-state index is 9.73. The third-order valence-electron chi connectivity index (χ3n) is 3.03. The number of carbonyl (C=O) groups is 1. The third-order valence-corrected chi connectivity index (χ3v) is 3.03. The molecule has 0 fully saturated rings. The molecule has 0 radical (unpaired) electrons. The lowest BCUT2D eigenvalue weighted by Gasteiger charge is -1.97. The molecular weight excluding hydrogens is 260 g/mol. The number of allylic oxidation sites excluding steroid dienone is 3. The quantitative estimate of drug-likeness (QED) is 0.268. The number of hydrogen-bond donors (Lipinski definition) is 1. The van der Waals surface area contributed by atoms with Crippen LogP contribution >= 0.6 is 0 Å². The van der Waals surface area contributed by atoms with E-state index in [1.165, 1.54) is 70.3 Å². The van der Waals surface area contributed by atoms with Crippen molar-refractivity contribution >= 4 is 5.97 Å². The minimum atomic E-state index is -0.875. The van der Waals surface area contributed by atoms with Gasteiger partial charge in [0.2, 0.25) is 0 Å². The van der Waals surface area contributed by atoms with Crippen LogP contribution in [-0.4, -0.2) is 11.1 Å². The van der Waals surface area contributed by atoms with Crippen molar-refractivity contribution < 1.29 is 9.90 Å². The van der Waals surface area contributed by atoms with Gasteiger partial charge in [0, 0.05) is 6.08 Å². The van der Waals surface area contributed by atoms with Crippen LogP contribution in [0.3, 0.4) is 0 Å². The lowest BCUT2D eigenvalue weighted by molar-refractivity contribution is -0.131. The maximum Gasteiger partial charge on any atom is 0.328 e. The molecule has 0 bridgehead atoms. The Bertz CT molecular complexity index is 273. The Morgan fingerprint density at radius 2 is 1.29 bits per heavy atom. The highest BCUT2D eigenvalue weighted by molar-refractivity contribution is 5.80. The fraction of sp³-hybridized carbons (Fsp3) is 0.737. The minimum absolute atomic E-state index is 0.813. The second-order valence-electron chi connectivity index (χ2n) is 5.73. The van der Waals surface area contributed by atoms with Crippen molar-refractivity contribution in [2.24, 2.45) is 0 Å². The zero-order chi connectivity index (χ0) is 16.3. The molecule has 0 saturated heterocycles. The summed E-state index contributed by atoms with van der Waals surface area (Å²) in [6.45, 7) is 8.01. The van der Waals surface area contributed by atoms with Crippen LogP contribution in [0.15, 0.2) is 23.8 Å². The number of carboxylic acids is 1. The Morgan fingerprint density at radius 1 is 0.810 bits per heavy atom. The number of rotatable bonds is 11. The summed E-state index contributed by atoms with van der Waals surface area (Å²) in [6.07, 6.45) is 19.6. The average Bonchev–Trinajstić information content (AvgIpc) is 2.40. The van der Waals surface area contributed by atoms with Crippen LogP contribution in [0.5, 0.6) is 0 Å². The van der Waals surface area contributed by atoms with Crippen molar-refractivity contribution in [2.75, 3.05) is 0 Å². The van der Waals surface area contributed by atoms with E-state index in [0.29, 0.717) is 0 Å². The van der Waals surface area contributed by atoms with E-state index in [0.717, 1.165) is 5.57 Å². The second-order valence-corrected chi connectivity index (χ2v) is 5.73. The molecule has 0 aromatic heterocycles. The molecule has 0 spiro atoms. The van der Waals surface area contributed by atoms with E-state index in [9.17, 15) is 4.79 Å². The minimum Gasteiger partial charge on any atom is -0.478 e. The van der Waals surface area contributed by atoms with Gasteiger partial charge in [-0.1, -0.05) is 76.5 Å². The SMILES string of the molecule is CC(C)=CC(=O)O.CCCC/C=C\CCCCCCCC. The Kier molecular flexibility index (Phi) is 20.1. The molecule has 0 aliphatic rings. The normalized spacial score (nSPS) is 10.1. The monoisotopic (exact) mass is 296 g/mol. The molecule has 124 valence electrons. The molecule has 0 amide bonds. The zero-order valence-electron chi connectivity index (χ0n) is 14.7. The highest BCUT2D eigenvalue weighted by Gasteiger charge is 1.87. The summed E-state index contributed by atoms with van der Waals surface area (Å²) in [7, 11) is 0. The molecule has 0 aliphatic carbocycles. The van der Waals surface area contributed by atoms with Gasteiger partial charge in [-0.2, -0.15) is 0 Å². The number of hydrogen-bond acceptors (Lipinski definition) is 1. The summed E-state index contributed by atoms with van der Waals surface area (Å²) < 4.78 is 0. The lowest BCUT2D eigenvalue weighted by Crippen LogP contribution is -1.86. The fourth-order valence-electron chi connectivity index (χ4n) is 1.85. The smallest absolute Gasteiger partial charge is 0.328 e. The summed E-state index contributed by atoms with van der Waals surface area (Å²) in [4.78, 5) is 9.73. The first kappa shape index (κ1) is 22.2. The van der Waals surface area contributed by atoms with Crippen LogP contribution in [0.4, 0.5) is 0 Å². The van der Waals surface area contributed by atoms with E-state index in [1.807, 2.05) is 0 Å². The summed E-state index contributed by atoms with van der Waals surface area (Å²) in [5.74, 6) is -0.875. The number of aliphatic carboxylic acids is 1. The third kappa shape index (κ3) is 28.0. The molecular formula is C19H36O2. The first-order valence-electron chi connectivity index (χ1n) is 8.57. The summed E-state index contributed by atoms with van der Waals surface area (Å²) in [6, 6.07) is 0. The Labute approximate surface area is 132 Å². The van der Waals surface area contributed by atoms with Gasteiger partial charge in [0.15, 0.2) is 0 Å². The van der Waals surface area contributed by atoms with E-state index in [1.54, 1.807) is 13.8 Å². The predicted molar refractivity (Wildman–Crippen MR) is 93.7 cm³/mol. The van der Waals surface area contributed by atoms with Crippen LogP contribution in [0.1, 0.15) is 91.9 Å². The van der Waals surface area contributed by atoms with Gasteiger partial charge in [0.25, 0.3) is 0 Å². The summed E-state index contributed by atoms with van der Waals surface area (Å²) in [5, 5.41) is 8.01. The predicted octanol–water partition coefficient (Wildman–Crippen LogP) is 6.52. The first-order valence-corrected chi connectivity index (χ1v) is 8.57. The van der Waals surface area contributed by atoms with Gasteiger partial charge >= 0.3 is 5.97 Å². The van der Waals surface area contributed by atoms with Crippen LogP contribution in [0.25, 0.3) is 0 Å². The molecule has 1 N–H and O–H groups in total. The zero-order valence-corrected chi connectivity index (χ0v) is 14.7. The highest BCUT2D eigenvalue weighted by atomic mass is 16.4. The standard InChI is InChI=1S/C14H28.C5H8O2/c1-3-5-7-9-11-13-14-12-10-8-6-4-2;1-4(2)3-5(6)7/h9,11H,3-8,10,12-14H2,1-2H3;3H,1-2H3,(H,6,7)/b11-9-;. The number of unbranched alkanes of at least 4 members (excludes halogenated alkanes) is 8. The summed E-state index contributed by atoms with van der Waals surface area (Å²) in [5.41, 5.74) is 0.813. The van der Waals surface area contributed by atoms with Crippen LogP contribution in [0.2, 0.25) is 0 Å². The molecule has 2 heteroatoms. The molecule has 0 rings (SSSR count).